The van der Waals surface area contributed by atoms with Gasteiger partial charge in [-0.1, -0.05) is 24.3 Å². The number of rotatable bonds is 0. The molecule has 5 rings (SSSR count). The molecule has 1 amide bonds. The highest BCUT2D eigenvalue weighted by molar-refractivity contribution is 7.67. The molecule has 0 fully saturated rings. The van der Waals surface area contributed by atoms with Crippen LogP contribution in [-0.2, 0) is 16.1 Å². The molecule has 0 bridgehead atoms. The van der Waals surface area contributed by atoms with Crippen LogP contribution in [0.15, 0.2) is 53.7 Å². The van der Waals surface area contributed by atoms with Crippen LogP contribution < -0.4 is 10.1 Å². The highest BCUT2D eigenvalue weighted by atomic mass is 32.1. The van der Waals surface area contributed by atoms with Crippen LogP contribution in [0, 0.1) is 0 Å². The molecule has 6 heteroatoms. The summed E-state index contributed by atoms with van der Waals surface area (Å²) in [4.78, 5) is 24.2. The number of ketones is 1. The quantitative estimate of drug-likeness (QED) is 0.723. The second kappa shape index (κ2) is 4.77. The van der Waals surface area contributed by atoms with E-state index in [9.17, 15) is 13.8 Å². The Balaban J connectivity index is 1.80. The van der Waals surface area contributed by atoms with Crippen molar-refractivity contribution < 1.29 is 18.5 Å². The van der Waals surface area contributed by atoms with Crippen molar-refractivity contribution >= 4 is 34.0 Å². The van der Waals surface area contributed by atoms with E-state index < -0.39 is 5.60 Å². The minimum atomic E-state index is -0.852. The van der Waals surface area contributed by atoms with Gasteiger partial charge >= 0.3 is 0 Å². The lowest BCUT2D eigenvalue weighted by Gasteiger charge is -2.41. The van der Waals surface area contributed by atoms with E-state index in [1.165, 1.54) is 6.08 Å². The van der Waals surface area contributed by atoms with E-state index in [4.69, 9.17) is 4.74 Å². The van der Waals surface area contributed by atoms with Crippen molar-refractivity contribution in [3.8, 4) is 5.75 Å². The smallest absolute Gasteiger partial charge is 0.257 e. The average Bonchev–Trinajstić information content (AvgIpc) is 2.95. The fourth-order valence-corrected chi connectivity index (χ4v) is 4.15. The number of hydrogen-bond acceptors (Lipinski definition) is 4. The lowest BCUT2D eigenvalue weighted by Crippen LogP contribution is -2.43. The second-order valence-electron chi connectivity index (χ2n) is 6.24. The maximum absolute atomic E-state index is 12.1. The highest BCUT2D eigenvalue weighted by Crippen LogP contribution is 2.47. The third-order valence-corrected chi connectivity index (χ3v) is 5.36. The number of allylic oxidation sites excluding steroid dienone is 3. The molecule has 0 aromatic heterocycles. The molecule has 0 radical (unpaired) electrons. The van der Waals surface area contributed by atoms with Crippen molar-refractivity contribution in [2.45, 2.75) is 12.0 Å². The Morgan fingerprint density at radius 1 is 1.20 bits per heavy atom. The van der Waals surface area contributed by atoms with Crippen molar-refractivity contribution in [1.29, 1.82) is 0 Å². The van der Waals surface area contributed by atoms with E-state index in [2.05, 4.69) is 5.32 Å². The molecular weight excluding hydrogens is 338 g/mol. The first-order valence-corrected chi connectivity index (χ1v) is 8.53. The lowest BCUT2D eigenvalue weighted by atomic mass is 9.74. The van der Waals surface area contributed by atoms with Crippen LogP contribution in [0.5, 0.6) is 5.75 Å². The molecular formula is C19H11NO4S. The predicted octanol–water partition coefficient (Wildman–Crippen LogP) is 1.66. The minimum absolute atomic E-state index is 0.0263. The monoisotopic (exact) mass is 349 g/mol. The Morgan fingerprint density at radius 3 is 2.92 bits per heavy atom. The molecule has 25 heavy (non-hydrogen) atoms. The molecule has 1 unspecified atom stereocenters. The first kappa shape index (κ1) is 14.4. The molecule has 2 aliphatic carbocycles. The zero-order chi connectivity index (χ0) is 17.2. The number of carbonyl (C=O) groups is 2. The first-order chi connectivity index (χ1) is 12.1. The zero-order valence-corrected chi connectivity index (χ0v) is 13.7. The van der Waals surface area contributed by atoms with E-state index in [0.717, 1.165) is 16.7 Å². The Labute approximate surface area is 146 Å². The van der Waals surface area contributed by atoms with Crippen LogP contribution >= 0.6 is 0 Å². The van der Waals surface area contributed by atoms with Gasteiger partial charge in [0.05, 0.1) is 11.1 Å². The second-order valence-corrected chi connectivity index (χ2v) is 6.81. The summed E-state index contributed by atoms with van der Waals surface area (Å²) < 4.78 is 17.9. The van der Waals surface area contributed by atoms with Gasteiger partial charge < -0.3 is 10.1 Å². The Morgan fingerprint density at radius 2 is 2.08 bits per heavy atom. The van der Waals surface area contributed by atoms with Crippen LogP contribution in [0.3, 0.4) is 0 Å². The molecule has 4 aliphatic rings. The molecule has 2 heterocycles. The number of fused-ring (bicyclic) bond motifs is 3. The number of nitrogens with one attached hydrogen (secondary N) is 1. The van der Waals surface area contributed by atoms with Crippen LogP contribution in [0.2, 0.25) is 0 Å². The predicted molar refractivity (Wildman–Crippen MR) is 93.5 cm³/mol. The number of benzene rings is 1. The minimum Gasteiger partial charge on any atom is -0.473 e. The van der Waals surface area contributed by atoms with Gasteiger partial charge in [0, 0.05) is 17.6 Å². The van der Waals surface area contributed by atoms with Crippen LogP contribution in [0.4, 0.5) is 0 Å². The standard InChI is InChI=1S/C19H11NO4S/c21-13-6-7-19-11(2-1-3-12(19)9-13)8-10-4-5-14-15(16(10)24-19)18(25-23)20-17(14)22/h1-8H,9H2,(H,20,22). The largest absolute Gasteiger partial charge is 0.473 e. The van der Waals surface area contributed by atoms with Crippen LogP contribution in [0.1, 0.15) is 27.9 Å². The average molecular weight is 349 g/mol. The van der Waals surface area contributed by atoms with Gasteiger partial charge in [-0.25, -0.2) is 4.21 Å². The SMILES string of the molecule is O=S=C1NC(=O)c2ccc3c(c21)OC12C=CC(=O)CC1=CC=CC2=C3. The van der Waals surface area contributed by atoms with Crippen molar-refractivity contribution in [1.82, 2.24) is 5.32 Å². The summed E-state index contributed by atoms with van der Waals surface area (Å²) in [6, 6.07) is 3.52. The Bertz CT molecular complexity index is 1070. The molecule has 0 saturated carbocycles. The van der Waals surface area contributed by atoms with Crippen molar-refractivity contribution in [2.75, 3.05) is 0 Å². The van der Waals surface area contributed by atoms with E-state index in [1.54, 1.807) is 12.1 Å². The summed E-state index contributed by atoms with van der Waals surface area (Å²) in [5, 5.41) is 2.59. The summed E-state index contributed by atoms with van der Waals surface area (Å²) in [7, 11) is 0. The fraction of sp³-hybridized carbons (Fsp3) is 0.105. The maximum atomic E-state index is 12.1. The summed E-state index contributed by atoms with van der Waals surface area (Å²) >= 11 is 0.242. The maximum Gasteiger partial charge on any atom is 0.257 e. The van der Waals surface area contributed by atoms with Gasteiger partial charge in [-0.3, -0.25) is 9.59 Å². The third kappa shape index (κ3) is 1.80. The van der Waals surface area contributed by atoms with Crippen molar-refractivity contribution in [3.05, 3.63) is 70.3 Å². The van der Waals surface area contributed by atoms with Gasteiger partial charge in [-0.2, -0.15) is 0 Å². The highest BCUT2D eigenvalue weighted by Gasteiger charge is 2.45. The van der Waals surface area contributed by atoms with Crippen LogP contribution in [-0.4, -0.2) is 26.5 Å². The molecule has 1 N–H and O–H groups in total. The number of hydrogen-bond donors (Lipinski definition) is 1. The van der Waals surface area contributed by atoms with Gasteiger partial charge in [0.25, 0.3) is 5.91 Å². The zero-order valence-electron chi connectivity index (χ0n) is 12.9. The first-order valence-electron chi connectivity index (χ1n) is 7.79. The van der Waals surface area contributed by atoms with Gasteiger partial charge in [0.2, 0.25) is 0 Å². The van der Waals surface area contributed by atoms with E-state index in [0.29, 0.717) is 16.9 Å². The summed E-state index contributed by atoms with van der Waals surface area (Å²) in [6.07, 6.45) is 11.3. The van der Waals surface area contributed by atoms with Gasteiger partial charge in [0.15, 0.2) is 11.4 Å². The van der Waals surface area contributed by atoms with E-state index >= 15 is 0 Å². The topological polar surface area (TPSA) is 72.5 Å². The Hall–Kier alpha value is -2.99. The lowest BCUT2D eigenvalue weighted by molar-refractivity contribution is -0.114. The third-order valence-electron chi connectivity index (χ3n) is 4.89. The van der Waals surface area contributed by atoms with Gasteiger partial charge in [0.1, 0.15) is 22.0 Å². The molecule has 1 aromatic carbocycles. The van der Waals surface area contributed by atoms with Gasteiger partial charge in [-0.15, -0.1) is 0 Å². The molecule has 1 spiro atoms. The molecule has 1 aromatic rings. The van der Waals surface area contributed by atoms with Gasteiger partial charge in [-0.05, 0) is 29.9 Å². The summed E-state index contributed by atoms with van der Waals surface area (Å²) in [5.41, 5.74) is 2.67. The molecule has 0 saturated heterocycles. The number of amides is 1. The summed E-state index contributed by atoms with van der Waals surface area (Å²) in [5.74, 6) is 0.220. The molecule has 5 nitrogen and oxygen atoms in total. The van der Waals surface area contributed by atoms with E-state index in [-0.39, 0.29) is 34.4 Å². The number of carbonyl (C=O) groups excluding carboxylic acids is 2. The van der Waals surface area contributed by atoms with Crippen molar-refractivity contribution in [2.24, 2.45) is 0 Å². The normalized spacial score (nSPS) is 25.0. The van der Waals surface area contributed by atoms with E-state index in [1.807, 2.05) is 30.4 Å². The summed E-state index contributed by atoms with van der Waals surface area (Å²) in [6.45, 7) is 0. The van der Waals surface area contributed by atoms with Crippen LogP contribution in [0.25, 0.3) is 6.08 Å². The molecule has 122 valence electrons. The van der Waals surface area contributed by atoms with Crippen molar-refractivity contribution in [3.63, 3.8) is 0 Å². The molecule has 1 atom stereocenters. The molecule has 2 aliphatic heterocycles. The Kier molecular flexibility index (Phi) is 2.74. The fourth-order valence-electron chi connectivity index (χ4n) is 3.73. The number of ether oxygens (including phenoxy) is 1.